The zero-order chi connectivity index (χ0) is 18.1. The van der Waals surface area contributed by atoms with Gasteiger partial charge in [0.1, 0.15) is 11.8 Å². The molecule has 0 aliphatic carbocycles. The highest BCUT2D eigenvalue weighted by molar-refractivity contribution is 6.62. The van der Waals surface area contributed by atoms with E-state index >= 15 is 0 Å². The summed E-state index contributed by atoms with van der Waals surface area (Å²) in [5, 5.41) is 18.4. The summed E-state index contributed by atoms with van der Waals surface area (Å²) in [7, 11) is -0.695. The molecule has 1 fully saturated rings. The molecular formula is C17H23BN2O4. The van der Waals surface area contributed by atoms with Crippen molar-refractivity contribution in [3.8, 4) is 6.07 Å². The van der Waals surface area contributed by atoms with Crippen LogP contribution in [0.5, 0.6) is 0 Å². The van der Waals surface area contributed by atoms with Crippen molar-refractivity contribution in [3.05, 3.63) is 23.5 Å². The summed E-state index contributed by atoms with van der Waals surface area (Å²) < 4.78 is 12.0. The predicted octanol–water partition coefficient (Wildman–Crippen LogP) is 2.22. The maximum absolute atomic E-state index is 11.1. The molecule has 2 rings (SSSR count). The highest BCUT2D eigenvalue weighted by atomic mass is 16.7. The minimum absolute atomic E-state index is 0.0207. The number of aliphatic carboxylic acids is 1. The summed E-state index contributed by atoms with van der Waals surface area (Å²) in [4.78, 5) is 15.3. The number of nitrogens with zero attached hydrogens (tertiary/aromatic N) is 2. The fourth-order valence-electron chi connectivity index (χ4n) is 2.67. The lowest BCUT2D eigenvalue weighted by atomic mass is 9.76. The van der Waals surface area contributed by atoms with Gasteiger partial charge >= 0.3 is 13.1 Å². The third-order valence-electron chi connectivity index (χ3n) is 4.94. The fraction of sp³-hybridized carbons (Fsp3) is 0.588. The van der Waals surface area contributed by atoms with Gasteiger partial charge in [0.05, 0.1) is 17.6 Å². The Labute approximate surface area is 142 Å². The molecule has 0 saturated carbocycles. The van der Waals surface area contributed by atoms with Gasteiger partial charge in [-0.2, -0.15) is 5.26 Å². The van der Waals surface area contributed by atoms with Crippen molar-refractivity contribution in [1.82, 2.24) is 4.98 Å². The van der Waals surface area contributed by atoms with Crippen LogP contribution in [0.2, 0.25) is 0 Å². The smallest absolute Gasteiger partial charge is 0.481 e. The number of hydrogen-bond acceptors (Lipinski definition) is 5. The fourth-order valence-corrected chi connectivity index (χ4v) is 2.67. The van der Waals surface area contributed by atoms with E-state index in [0.29, 0.717) is 11.9 Å². The summed E-state index contributed by atoms with van der Waals surface area (Å²) in [5.41, 5.74) is 0.528. The molecule has 1 aliphatic rings. The lowest BCUT2D eigenvalue weighted by molar-refractivity contribution is -0.137. The molecule has 0 spiro atoms. The number of carboxylic acids is 1. The Hall–Kier alpha value is -1.91. The SMILES string of the molecule is CCC(CC(=O)O)c1cnc(C#N)c(B2OC(C)(C)C(C)(C)O2)c1. The summed E-state index contributed by atoms with van der Waals surface area (Å²) in [6, 6.07) is 3.86. The number of aromatic nitrogens is 1. The molecule has 0 amide bonds. The van der Waals surface area contributed by atoms with Crippen molar-refractivity contribution in [2.75, 3.05) is 0 Å². The van der Waals surface area contributed by atoms with Gasteiger partial charge < -0.3 is 14.4 Å². The predicted molar refractivity (Wildman–Crippen MR) is 90.0 cm³/mol. The third kappa shape index (κ3) is 3.45. The second-order valence-corrected chi connectivity index (χ2v) is 7.11. The number of carboxylic acid groups (broad SMARTS) is 1. The molecule has 0 bridgehead atoms. The largest absolute Gasteiger partial charge is 0.497 e. The number of rotatable bonds is 5. The lowest BCUT2D eigenvalue weighted by Gasteiger charge is -2.32. The maximum atomic E-state index is 11.1. The Morgan fingerprint density at radius 1 is 1.38 bits per heavy atom. The number of hydrogen-bond donors (Lipinski definition) is 1. The lowest BCUT2D eigenvalue weighted by Crippen LogP contribution is -2.41. The summed E-state index contributed by atoms with van der Waals surface area (Å²) in [6.07, 6.45) is 2.26. The third-order valence-corrected chi connectivity index (χ3v) is 4.94. The van der Waals surface area contributed by atoms with Crippen LogP contribution in [-0.4, -0.2) is 34.4 Å². The van der Waals surface area contributed by atoms with Crippen LogP contribution in [0.3, 0.4) is 0 Å². The normalized spacial score (nSPS) is 19.8. The Morgan fingerprint density at radius 2 is 1.96 bits per heavy atom. The van der Waals surface area contributed by atoms with E-state index in [1.54, 1.807) is 12.3 Å². The molecule has 1 aliphatic heterocycles. The molecule has 2 heterocycles. The van der Waals surface area contributed by atoms with Crippen LogP contribution >= 0.6 is 0 Å². The Morgan fingerprint density at radius 3 is 2.42 bits per heavy atom. The molecule has 6 nitrogen and oxygen atoms in total. The van der Waals surface area contributed by atoms with Gasteiger partial charge in [-0.05, 0) is 45.6 Å². The van der Waals surface area contributed by atoms with Crippen molar-refractivity contribution in [3.63, 3.8) is 0 Å². The standard InChI is InChI=1S/C17H23BN2O4/c1-6-11(8-15(21)22)12-7-13(14(9-19)20-10-12)18-23-16(2,3)17(4,5)24-18/h7,10-11H,6,8H2,1-5H3,(H,21,22). The molecule has 1 saturated heterocycles. The van der Waals surface area contributed by atoms with Crippen LogP contribution in [0.25, 0.3) is 0 Å². The summed E-state index contributed by atoms with van der Waals surface area (Å²) in [6.45, 7) is 9.69. The highest BCUT2D eigenvalue weighted by Gasteiger charge is 2.52. The first kappa shape index (κ1) is 18.4. The molecule has 1 aromatic rings. The minimum atomic E-state index is -0.858. The maximum Gasteiger partial charge on any atom is 0.497 e. The molecule has 0 radical (unpaired) electrons. The monoisotopic (exact) mass is 330 g/mol. The van der Waals surface area contributed by atoms with Gasteiger partial charge in [-0.25, -0.2) is 4.98 Å². The molecule has 1 N–H and O–H groups in total. The van der Waals surface area contributed by atoms with Gasteiger partial charge in [-0.1, -0.05) is 13.0 Å². The van der Waals surface area contributed by atoms with E-state index in [0.717, 1.165) is 5.56 Å². The summed E-state index contributed by atoms with van der Waals surface area (Å²) in [5.74, 6) is -1.02. The van der Waals surface area contributed by atoms with Crippen LogP contribution in [-0.2, 0) is 14.1 Å². The van der Waals surface area contributed by atoms with Crippen LogP contribution in [0.1, 0.15) is 64.6 Å². The van der Waals surface area contributed by atoms with Gasteiger partial charge in [-0.15, -0.1) is 0 Å². The molecule has 1 unspecified atom stereocenters. The Bertz CT molecular complexity index is 666. The second kappa shape index (κ2) is 6.54. The van der Waals surface area contributed by atoms with Gasteiger partial charge in [0.2, 0.25) is 0 Å². The zero-order valence-corrected chi connectivity index (χ0v) is 14.8. The first-order valence-electron chi connectivity index (χ1n) is 8.08. The van der Waals surface area contributed by atoms with Crippen molar-refractivity contribution in [2.45, 2.75) is 64.6 Å². The molecule has 128 valence electrons. The van der Waals surface area contributed by atoms with Crippen LogP contribution < -0.4 is 5.46 Å². The van der Waals surface area contributed by atoms with Crippen LogP contribution in [0, 0.1) is 11.3 Å². The number of nitriles is 1. The van der Waals surface area contributed by atoms with E-state index in [-0.39, 0.29) is 18.0 Å². The molecule has 1 aromatic heterocycles. The molecule has 24 heavy (non-hydrogen) atoms. The van der Waals surface area contributed by atoms with E-state index in [1.165, 1.54) is 0 Å². The summed E-state index contributed by atoms with van der Waals surface area (Å²) >= 11 is 0. The van der Waals surface area contributed by atoms with Crippen LogP contribution in [0.15, 0.2) is 12.3 Å². The topological polar surface area (TPSA) is 92.4 Å². The van der Waals surface area contributed by atoms with E-state index in [4.69, 9.17) is 14.4 Å². The molecule has 0 aromatic carbocycles. The quantitative estimate of drug-likeness (QED) is 0.832. The Balaban J connectivity index is 2.41. The van der Waals surface area contributed by atoms with E-state index in [9.17, 15) is 10.1 Å². The molecule has 7 heteroatoms. The van der Waals surface area contributed by atoms with Crippen LogP contribution in [0.4, 0.5) is 0 Å². The average molecular weight is 330 g/mol. The van der Waals surface area contributed by atoms with Crippen molar-refractivity contribution in [1.29, 1.82) is 5.26 Å². The number of carbonyl (C=O) groups is 1. The van der Waals surface area contributed by atoms with Crippen molar-refractivity contribution in [2.24, 2.45) is 0 Å². The van der Waals surface area contributed by atoms with E-state index in [2.05, 4.69) is 11.1 Å². The van der Waals surface area contributed by atoms with E-state index in [1.807, 2.05) is 34.6 Å². The minimum Gasteiger partial charge on any atom is -0.481 e. The molecule has 1 atom stereocenters. The first-order valence-corrected chi connectivity index (χ1v) is 8.08. The van der Waals surface area contributed by atoms with Gasteiger partial charge in [0.15, 0.2) is 0 Å². The van der Waals surface area contributed by atoms with Gasteiger partial charge in [-0.3, -0.25) is 4.79 Å². The van der Waals surface area contributed by atoms with Gasteiger partial charge in [0.25, 0.3) is 0 Å². The zero-order valence-electron chi connectivity index (χ0n) is 14.8. The Kier molecular flexibility index (Phi) is 5.02. The first-order chi connectivity index (χ1) is 11.1. The number of pyridine rings is 1. The van der Waals surface area contributed by atoms with E-state index < -0.39 is 24.3 Å². The second-order valence-electron chi connectivity index (χ2n) is 7.11. The molecular weight excluding hydrogens is 307 g/mol. The highest BCUT2D eigenvalue weighted by Crippen LogP contribution is 2.36. The van der Waals surface area contributed by atoms with Gasteiger partial charge in [0, 0.05) is 11.7 Å². The van der Waals surface area contributed by atoms with Crippen molar-refractivity contribution >= 4 is 18.6 Å². The average Bonchev–Trinajstić information content (AvgIpc) is 2.72. The van der Waals surface area contributed by atoms with Crippen molar-refractivity contribution < 1.29 is 19.2 Å².